The van der Waals surface area contributed by atoms with E-state index >= 15 is 0 Å². The van der Waals surface area contributed by atoms with Gasteiger partial charge in [0.05, 0.1) is 18.1 Å². The second-order valence-electron chi connectivity index (χ2n) is 7.37. The molecule has 1 atom stereocenters. The van der Waals surface area contributed by atoms with Crippen LogP contribution in [-0.2, 0) is 21.5 Å². The fourth-order valence-electron chi connectivity index (χ4n) is 3.79. The van der Waals surface area contributed by atoms with Crippen molar-refractivity contribution in [3.63, 3.8) is 0 Å². The normalized spacial score (nSPS) is 21.9. The molecule has 1 N–H and O–H groups in total. The first-order valence-electron chi connectivity index (χ1n) is 9.48. The molecule has 1 heterocycles. The molecule has 4 nitrogen and oxygen atoms in total. The first-order chi connectivity index (χ1) is 12.8. The largest absolute Gasteiger partial charge is 0.374 e. The minimum atomic E-state index is -0.306. The summed E-state index contributed by atoms with van der Waals surface area (Å²) in [4.78, 5) is 15.2. The van der Waals surface area contributed by atoms with Crippen LogP contribution in [0.4, 0.5) is 0 Å². The number of benzene rings is 2. The monoisotopic (exact) mass is 350 g/mol. The van der Waals surface area contributed by atoms with E-state index in [1.165, 1.54) is 5.56 Å². The summed E-state index contributed by atoms with van der Waals surface area (Å²) in [6, 6.07) is 20.6. The molecule has 4 rings (SSSR count). The molecule has 26 heavy (non-hydrogen) atoms. The highest BCUT2D eigenvalue weighted by atomic mass is 16.5. The predicted octanol–water partition coefficient (Wildman–Crippen LogP) is 2.74. The average Bonchev–Trinajstić information content (AvgIpc) is 3.50. The van der Waals surface area contributed by atoms with Crippen molar-refractivity contribution in [1.29, 1.82) is 0 Å². The third kappa shape index (κ3) is 3.81. The fraction of sp³-hybridized carbons (Fsp3) is 0.409. The smallest absolute Gasteiger partial charge is 0.230 e. The first kappa shape index (κ1) is 17.3. The third-order valence-electron chi connectivity index (χ3n) is 5.47. The van der Waals surface area contributed by atoms with Crippen LogP contribution in [0.15, 0.2) is 60.7 Å². The van der Waals surface area contributed by atoms with E-state index in [1.807, 2.05) is 24.3 Å². The number of nitrogens with zero attached hydrogens (tertiary/aromatic N) is 1. The van der Waals surface area contributed by atoms with Gasteiger partial charge in [-0.1, -0.05) is 60.7 Å². The highest BCUT2D eigenvalue weighted by Gasteiger charge is 2.51. The van der Waals surface area contributed by atoms with Crippen molar-refractivity contribution in [2.24, 2.45) is 0 Å². The maximum absolute atomic E-state index is 12.8. The summed E-state index contributed by atoms with van der Waals surface area (Å²) in [7, 11) is 0. The van der Waals surface area contributed by atoms with Gasteiger partial charge in [0, 0.05) is 26.2 Å². The maximum atomic E-state index is 12.8. The number of carbonyl (C=O) groups is 1. The lowest BCUT2D eigenvalue weighted by atomic mass is 9.95. The van der Waals surface area contributed by atoms with Gasteiger partial charge in [-0.25, -0.2) is 0 Å². The molecule has 2 aliphatic rings. The molecule has 4 heteroatoms. The quantitative estimate of drug-likeness (QED) is 0.871. The standard InChI is InChI=1S/C22H26N2O2/c25-21(22(11-12-22)19-9-5-2-6-10-19)23-15-20-17-24(13-14-26-20)16-18-7-3-1-4-8-18/h1-10,20H,11-17H2,(H,23,25). The highest BCUT2D eigenvalue weighted by Crippen LogP contribution is 2.48. The second-order valence-corrected chi connectivity index (χ2v) is 7.37. The molecule has 1 aliphatic heterocycles. The van der Waals surface area contributed by atoms with E-state index in [4.69, 9.17) is 4.74 Å². The summed E-state index contributed by atoms with van der Waals surface area (Å²) < 4.78 is 5.88. The van der Waals surface area contributed by atoms with Crippen molar-refractivity contribution >= 4 is 5.91 Å². The zero-order valence-electron chi connectivity index (χ0n) is 15.1. The van der Waals surface area contributed by atoms with Gasteiger partial charge in [0.1, 0.15) is 0 Å². The third-order valence-corrected chi connectivity index (χ3v) is 5.47. The number of amides is 1. The Balaban J connectivity index is 1.30. The van der Waals surface area contributed by atoms with Crippen LogP contribution in [-0.4, -0.2) is 43.2 Å². The van der Waals surface area contributed by atoms with Crippen molar-refractivity contribution in [3.05, 3.63) is 71.8 Å². The predicted molar refractivity (Wildman–Crippen MR) is 102 cm³/mol. The number of morpholine rings is 1. The number of hydrogen-bond donors (Lipinski definition) is 1. The molecule has 1 amide bonds. The Labute approximate surface area is 155 Å². The Hall–Kier alpha value is -2.17. The van der Waals surface area contributed by atoms with E-state index in [-0.39, 0.29) is 17.4 Å². The second kappa shape index (κ2) is 7.60. The van der Waals surface area contributed by atoms with Gasteiger partial charge < -0.3 is 10.1 Å². The first-order valence-corrected chi connectivity index (χ1v) is 9.48. The average molecular weight is 350 g/mol. The lowest BCUT2D eigenvalue weighted by Crippen LogP contribution is -2.48. The summed E-state index contributed by atoms with van der Waals surface area (Å²) in [6.45, 7) is 4.03. The van der Waals surface area contributed by atoms with Crippen LogP contribution in [0.25, 0.3) is 0 Å². The van der Waals surface area contributed by atoms with Gasteiger partial charge in [-0.2, -0.15) is 0 Å². The van der Waals surface area contributed by atoms with Gasteiger partial charge in [0.15, 0.2) is 0 Å². The molecule has 0 radical (unpaired) electrons. The lowest BCUT2D eigenvalue weighted by molar-refractivity contribution is -0.124. The van der Waals surface area contributed by atoms with E-state index < -0.39 is 0 Å². The molecule has 2 aromatic carbocycles. The van der Waals surface area contributed by atoms with Gasteiger partial charge in [-0.15, -0.1) is 0 Å². The van der Waals surface area contributed by atoms with Gasteiger partial charge in [-0.3, -0.25) is 9.69 Å². The molecule has 1 saturated carbocycles. The number of carbonyl (C=O) groups excluding carboxylic acids is 1. The van der Waals surface area contributed by atoms with Crippen LogP contribution in [0.1, 0.15) is 24.0 Å². The molecule has 1 saturated heterocycles. The molecule has 1 aliphatic carbocycles. The van der Waals surface area contributed by atoms with Crippen molar-refractivity contribution in [3.8, 4) is 0 Å². The molecule has 136 valence electrons. The Bertz CT molecular complexity index is 728. The van der Waals surface area contributed by atoms with Crippen LogP contribution in [0, 0.1) is 0 Å². The Morgan fingerprint density at radius 2 is 1.77 bits per heavy atom. The summed E-state index contributed by atoms with van der Waals surface area (Å²) in [5.41, 5.74) is 2.14. The van der Waals surface area contributed by atoms with Crippen LogP contribution in [0.2, 0.25) is 0 Å². The molecule has 0 bridgehead atoms. The molecule has 1 unspecified atom stereocenters. The zero-order valence-corrected chi connectivity index (χ0v) is 15.1. The van der Waals surface area contributed by atoms with Gasteiger partial charge in [0.25, 0.3) is 0 Å². The zero-order chi connectivity index (χ0) is 17.8. The number of hydrogen-bond acceptors (Lipinski definition) is 3. The van der Waals surface area contributed by atoms with E-state index in [0.29, 0.717) is 6.54 Å². The molecule has 2 aromatic rings. The van der Waals surface area contributed by atoms with Crippen LogP contribution >= 0.6 is 0 Å². The topological polar surface area (TPSA) is 41.6 Å². The van der Waals surface area contributed by atoms with Crippen LogP contribution in [0.5, 0.6) is 0 Å². The van der Waals surface area contributed by atoms with Crippen molar-refractivity contribution in [1.82, 2.24) is 10.2 Å². The molecule has 0 spiro atoms. The number of ether oxygens (including phenoxy) is 1. The number of rotatable bonds is 6. The minimum Gasteiger partial charge on any atom is -0.374 e. The summed E-state index contributed by atoms with van der Waals surface area (Å²) in [6.07, 6.45) is 1.94. The molecule has 2 fully saturated rings. The van der Waals surface area contributed by atoms with Crippen molar-refractivity contribution in [2.75, 3.05) is 26.2 Å². The lowest BCUT2D eigenvalue weighted by Gasteiger charge is -2.33. The van der Waals surface area contributed by atoms with E-state index in [1.54, 1.807) is 0 Å². The van der Waals surface area contributed by atoms with E-state index in [2.05, 4.69) is 46.6 Å². The highest BCUT2D eigenvalue weighted by molar-refractivity contribution is 5.91. The minimum absolute atomic E-state index is 0.0583. The van der Waals surface area contributed by atoms with Gasteiger partial charge in [0.2, 0.25) is 5.91 Å². The summed E-state index contributed by atoms with van der Waals surface area (Å²) in [5.74, 6) is 0.146. The molecule has 0 aromatic heterocycles. The fourth-order valence-corrected chi connectivity index (χ4v) is 3.79. The van der Waals surface area contributed by atoms with Crippen LogP contribution < -0.4 is 5.32 Å². The maximum Gasteiger partial charge on any atom is 0.230 e. The van der Waals surface area contributed by atoms with E-state index in [9.17, 15) is 4.79 Å². The number of nitrogens with one attached hydrogen (secondary N) is 1. The Kier molecular flexibility index (Phi) is 5.05. The van der Waals surface area contributed by atoms with Crippen molar-refractivity contribution < 1.29 is 9.53 Å². The van der Waals surface area contributed by atoms with Gasteiger partial charge >= 0.3 is 0 Å². The van der Waals surface area contributed by atoms with Crippen LogP contribution in [0.3, 0.4) is 0 Å². The summed E-state index contributed by atoms with van der Waals surface area (Å²) >= 11 is 0. The summed E-state index contributed by atoms with van der Waals surface area (Å²) in [5, 5.41) is 3.15. The van der Waals surface area contributed by atoms with Gasteiger partial charge in [-0.05, 0) is 24.0 Å². The van der Waals surface area contributed by atoms with Crippen molar-refractivity contribution in [2.45, 2.75) is 30.9 Å². The Morgan fingerprint density at radius 1 is 1.08 bits per heavy atom. The molecular formula is C22H26N2O2. The Morgan fingerprint density at radius 3 is 2.46 bits per heavy atom. The van der Waals surface area contributed by atoms with E-state index in [0.717, 1.165) is 44.6 Å². The molecular weight excluding hydrogens is 324 g/mol. The SMILES string of the molecule is O=C(NCC1CN(Cc2ccccc2)CCO1)C1(c2ccccc2)CC1.